The molecule has 0 aliphatic heterocycles. The average Bonchev–Trinajstić information content (AvgIpc) is 2.99. The summed E-state index contributed by atoms with van der Waals surface area (Å²) in [5.41, 5.74) is 1.50. The van der Waals surface area contributed by atoms with Gasteiger partial charge in [0.25, 0.3) is 5.91 Å². The average molecular weight is 340 g/mol. The van der Waals surface area contributed by atoms with Crippen molar-refractivity contribution in [1.29, 1.82) is 0 Å². The first kappa shape index (κ1) is 15.9. The molecular formula is C17H16N4O2S. The number of amides is 1. The summed E-state index contributed by atoms with van der Waals surface area (Å²) in [5.74, 6) is 1.69. The van der Waals surface area contributed by atoms with Gasteiger partial charge in [-0.2, -0.15) is 0 Å². The highest BCUT2D eigenvalue weighted by molar-refractivity contribution is 7.13. The third-order valence-corrected chi connectivity index (χ3v) is 4.02. The summed E-state index contributed by atoms with van der Waals surface area (Å²) in [7, 11) is 1.59. The Hall–Kier alpha value is -2.93. The molecule has 1 aromatic carbocycles. The van der Waals surface area contributed by atoms with Gasteiger partial charge in [-0.05, 0) is 31.2 Å². The molecule has 0 fully saturated rings. The Morgan fingerprint density at radius 2 is 2.04 bits per heavy atom. The number of anilines is 2. The van der Waals surface area contributed by atoms with E-state index in [1.54, 1.807) is 49.6 Å². The molecule has 0 aliphatic rings. The van der Waals surface area contributed by atoms with Crippen LogP contribution in [0.25, 0.3) is 0 Å². The van der Waals surface area contributed by atoms with Crippen molar-refractivity contribution in [2.45, 2.75) is 6.92 Å². The highest BCUT2D eigenvalue weighted by Gasteiger charge is 2.06. The molecule has 7 heteroatoms. The van der Waals surface area contributed by atoms with Crippen LogP contribution in [0.1, 0.15) is 16.1 Å². The van der Waals surface area contributed by atoms with Crippen LogP contribution in [0.3, 0.4) is 0 Å². The van der Waals surface area contributed by atoms with Gasteiger partial charge in [-0.3, -0.25) is 4.79 Å². The molecule has 2 aromatic heterocycles. The van der Waals surface area contributed by atoms with Gasteiger partial charge in [0.05, 0.1) is 5.69 Å². The van der Waals surface area contributed by atoms with Gasteiger partial charge in [-0.1, -0.05) is 6.07 Å². The molecule has 1 amide bonds. The van der Waals surface area contributed by atoms with Crippen molar-refractivity contribution >= 4 is 28.2 Å². The first-order valence-corrected chi connectivity index (χ1v) is 8.17. The molecule has 0 bridgehead atoms. The number of aromatic nitrogens is 2. The molecule has 6 nitrogen and oxygen atoms in total. The van der Waals surface area contributed by atoms with E-state index in [9.17, 15) is 4.79 Å². The van der Waals surface area contributed by atoms with Crippen LogP contribution in [-0.4, -0.2) is 22.9 Å². The smallest absolute Gasteiger partial charge is 0.251 e. The fraction of sp³-hybridized carbons (Fsp3) is 0.118. The fourth-order valence-corrected chi connectivity index (χ4v) is 2.74. The Balaban J connectivity index is 1.76. The Morgan fingerprint density at radius 3 is 2.79 bits per heavy atom. The van der Waals surface area contributed by atoms with E-state index in [2.05, 4.69) is 20.6 Å². The minimum atomic E-state index is -0.156. The van der Waals surface area contributed by atoms with E-state index in [4.69, 9.17) is 4.74 Å². The van der Waals surface area contributed by atoms with Gasteiger partial charge in [0, 0.05) is 30.3 Å². The minimum Gasteiger partial charge on any atom is -0.457 e. The van der Waals surface area contributed by atoms with Crippen molar-refractivity contribution in [2.75, 3.05) is 12.4 Å². The third-order valence-electron chi connectivity index (χ3n) is 3.14. The number of thiazole rings is 1. The third kappa shape index (κ3) is 3.88. The number of benzene rings is 1. The number of carbonyl (C=O) groups excluding carboxylic acids is 1. The van der Waals surface area contributed by atoms with Crippen LogP contribution in [-0.2, 0) is 0 Å². The van der Waals surface area contributed by atoms with E-state index >= 15 is 0 Å². The summed E-state index contributed by atoms with van der Waals surface area (Å²) in [4.78, 5) is 20.3. The number of hydrogen-bond donors (Lipinski definition) is 2. The predicted octanol–water partition coefficient (Wildman–Crippen LogP) is 3.74. The van der Waals surface area contributed by atoms with E-state index in [1.807, 2.05) is 12.3 Å². The van der Waals surface area contributed by atoms with Gasteiger partial charge in [0.15, 0.2) is 5.13 Å². The lowest BCUT2D eigenvalue weighted by atomic mass is 10.2. The number of ether oxygens (including phenoxy) is 1. The molecule has 0 unspecified atom stereocenters. The van der Waals surface area contributed by atoms with Gasteiger partial charge in [0.1, 0.15) is 17.3 Å². The highest BCUT2D eigenvalue weighted by atomic mass is 32.1. The second kappa shape index (κ2) is 7.10. The zero-order valence-corrected chi connectivity index (χ0v) is 14.1. The predicted molar refractivity (Wildman–Crippen MR) is 94.3 cm³/mol. The molecule has 3 rings (SSSR count). The van der Waals surface area contributed by atoms with E-state index in [1.165, 1.54) is 11.3 Å². The van der Waals surface area contributed by atoms with E-state index in [0.717, 1.165) is 10.8 Å². The van der Waals surface area contributed by atoms with E-state index in [0.29, 0.717) is 22.9 Å². The molecule has 0 saturated carbocycles. The first-order chi connectivity index (χ1) is 11.6. The van der Waals surface area contributed by atoms with Gasteiger partial charge < -0.3 is 15.4 Å². The van der Waals surface area contributed by atoms with E-state index < -0.39 is 0 Å². The Morgan fingerprint density at radius 1 is 1.21 bits per heavy atom. The molecule has 24 heavy (non-hydrogen) atoms. The normalized spacial score (nSPS) is 10.2. The summed E-state index contributed by atoms with van der Waals surface area (Å²) in [5, 5.41) is 8.47. The van der Waals surface area contributed by atoms with Crippen LogP contribution < -0.4 is 15.4 Å². The number of pyridine rings is 1. The second-order valence-corrected chi connectivity index (χ2v) is 5.86. The topological polar surface area (TPSA) is 76.1 Å². The van der Waals surface area contributed by atoms with Gasteiger partial charge >= 0.3 is 0 Å². The second-order valence-electron chi connectivity index (χ2n) is 5.00. The number of carbonyl (C=O) groups is 1. The number of aryl methyl sites for hydroxylation is 1. The Labute approximate surface area is 143 Å². The van der Waals surface area contributed by atoms with Crippen molar-refractivity contribution in [1.82, 2.24) is 15.3 Å². The largest absolute Gasteiger partial charge is 0.457 e. The quantitative estimate of drug-likeness (QED) is 0.740. The Bertz CT molecular complexity index is 863. The molecule has 3 aromatic rings. The lowest BCUT2D eigenvalue weighted by Gasteiger charge is -2.08. The summed E-state index contributed by atoms with van der Waals surface area (Å²) < 4.78 is 5.82. The van der Waals surface area contributed by atoms with Gasteiger partial charge in [-0.25, -0.2) is 9.97 Å². The molecule has 0 spiro atoms. The molecular weight excluding hydrogens is 324 g/mol. The summed E-state index contributed by atoms with van der Waals surface area (Å²) >= 11 is 1.51. The monoisotopic (exact) mass is 340 g/mol. The maximum Gasteiger partial charge on any atom is 0.251 e. The molecule has 2 N–H and O–H groups in total. The van der Waals surface area contributed by atoms with Gasteiger partial charge in [0.2, 0.25) is 0 Å². The van der Waals surface area contributed by atoms with Crippen molar-refractivity contribution < 1.29 is 9.53 Å². The summed E-state index contributed by atoms with van der Waals surface area (Å²) in [6.45, 7) is 1.94. The SMILES string of the molecule is CNC(=O)c1cccc(Oc2ccnc(Nc3nc(C)cs3)c2)c1. The van der Waals surface area contributed by atoms with Crippen LogP contribution in [0.5, 0.6) is 11.5 Å². The molecule has 0 saturated heterocycles. The van der Waals surface area contributed by atoms with Crippen LogP contribution in [0, 0.1) is 6.92 Å². The van der Waals surface area contributed by atoms with Crippen LogP contribution in [0.2, 0.25) is 0 Å². The van der Waals surface area contributed by atoms with Crippen molar-refractivity contribution in [3.8, 4) is 11.5 Å². The zero-order valence-electron chi connectivity index (χ0n) is 13.2. The number of nitrogens with zero attached hydrogens (tertiary/aromatic N) is 2. The van der Waals surface area contributed by atoms with Crippen LogP contribution in [0.4, 0.5) is 10.9 Å². The van der Waals surface area contributed by atoms with Gasteiger partial charge in [-0.15, -0.1) is 11.3 Å². The number of hydrogen-bond acceptors (Lipinski definition) is 6. The van der Waals surface area contributed by atoms with Crippen molar-refractivity contribution in [3.63, 3.8) is 0 Å². The summed E-state index contributed by atoms with van der Waals surface area (Å²) in [6, 6.07) is 10.5. The van der Waals surface area contributed by atoms with Crippen molar-refractivity contribution in [2.24, 2.45) is 0 Å². The maximum absolute atomic E-state index is 11.7. The molecule has 2 heterocycles. The minimum absolute atomic E-state index is 0.156. The number of nitrogens with one attached hydrogen (secondary N) is 2. The highest BCUT2D eigenvalue weighted by Crippen LogP contribution is 2.26. The molecule has 0 aliphatic carbocycles. The number of rotatable bonds is 5. The first-order valence-electron chi connectivity index (χ1n) is 7.29. The molecule has 0 radical (unpaired) electrons. The fourth-order valence-electron chi connectivity index (χ4n) is 2.05. The standard InChI is InChI=1S/C17H16N4O2S/c1-11-10-24-17(20-11)21-15-9-14(6-7-19-15)23-13-5-3-4-12(8-13)16(22)18-2/h3-10H,1-2H3,(H,18,22)(H,19,20,21). The maximum atomic E-state index is 11.7. The lowest BCUT2D eigenvalue weighted by molar-refractivity contribution is 0.0963. The van der Waals surface area contributed by atoms with Crippen LogP contribution in [0.15, 0.2) is 48.0 Å². The van der Waals surface area contributed by atoms with E-state index in [-0.39, 0.29) is 5.91 Å². The summed E-state index contributed by atoms with van der Waals surface area (Å²) in [6.07, 6.45) is 1.65. The zero-order chi connectivity index (χ0) is 16.9. The van der Waals surface area contributed by atoms with Crippen molar-refractivity contribution in [3.05, 3.63) is 59.2 Å². The molecule has 0 atom stereocenters. The van der Waals surface area contributed by atoms with Crippen LogP contribution >= 0.6 is 11.3 Å². The Kier molecular flexibility index (Phi) is 4.72. The molecule has 122 valence electrons. The lowest BCUT2D eigenvalue weighted by Crippen LogP contribution is -2.17.